The molecule has 0 aliphatic rings. The van der Waals surface area contributed by atoms with Gasteiger partial charge in [0, 0.05) is 12.1 Å². The third-order valence-corrected chi connectivity index (χ3v) is 4.78. The average molecular weight is 388 g/mol. The van der Waals surface area contributed by atoms with Crippen molar-refractivity contribution in [1.82, 2.24) is 14.8 Å². The second-order valence-electron chi connectivity index (χ2n) is 5.74. The molecule has 0 saturated heterocycles. The molecule has 2 aromatic carbocycles. The highest BCUT2D eigenvalue weighted by Crippen LogP contribution is 2.28. The molecule has 2 aromatic heterocycles. The quantitative estimate of drug-likeness (QED) is 0.564. The van der Waals surface area contributed by atoms with E-state index in [4.69, 9.17) is 0 Å². The maximum absolute atomic E-state index is 13.9. The molecule has 0 aliphatic heterocycles. The van der Waals surface area contributed by atoms with Crippen LogP contribution in [0.1, 0.15) is 16.1 Å². The number of rotatable bonds is 3. The minimum Gasteiger partial charge on any atom is -0.306 e. The smallest absolute Gasteiger partial charge is 0.259 e. The van der Waals surface area contributed by atoms with E-state index in [0.717, 1.165) is 12.1 Å². The number of amides is 1. The summed E-state index contributed by atoms with van der Waals surface area (Å²) in [5.74, 6) is -2.74. The van der Waals surface area contributed by atoms with Gasteiger partial charge in [-0.05, 0) is 31.2 Å². The van der Waals surface area contributed by atoms with Gasteiger partial charge in [-0.1, -0.05) is 17.4 Å². The Balaban J connectivity index is 1.72. The Morgan fingerprint density at radius 1 is 1.11 bits per heavy atom. The van der Waals surface area contributed by atoms with Crippen molar-refractivity contribution < 1.29 is 18.0 Å². The zero-order valence-electron chi connectivity index (χ0n) is 13.8. The number of hydrogen-bond acceptors (Lipinski definition) is 4. The molecule has 4 rings (SSSR count). The van der Waals surface area contributed by atoms with Gasteiger partial charge in [-0.25, -0.2) is 18.2 Å². The van der Waals surface area contributed by atoms with Gasteiger partial charge < -0.3 is 5.32 Å². The Morgan fingerprint density at radius 3 is 2.67 bits per heavy atom. The molecule has 4 aromatic rings. The van der Waals surface area contributed by atoms with Gasteiger partial charge in [-0.3, -0.25) is 4.79 Å². The van der Waals surface area contributed by atoms with Gasteiger partial charge in [-0.2, -0.15) is 9.78 Å². The lowest BCUT2D eigenvalue weighted by atomic mass is 10.2. The lowest BCUT2D eigenvalue weighted by molar-refractivity contribution is 0.102. The number of aromatic nitrogens is 3. The SMILES string of the molecule is Cc1cc(NC(=O)c2ccc(F)cc2F)n(-c2nc3c(F)cccc3s2)n1. The molecule has 0 fully saturated rings. The van der Waals surface area contributed by atoms with Crippen LogP contribution in [0.25, 0.3) is 15.3 Å². The van der Waals surface area contributed by atoms with Gasteiger partial charge in [0.25, 0.3) is 5.91 Å². The number of hydrogen-bond donors (Lipinski definition) is 1. The number of aryl methyl sites for hydroxylation is 1. The lowest BCUT2D eigenvalue weighted by Gasteiger charge is -2.07. The van der Waals surface area contributed by atoms with E-state index < -0.39 is 23.4 Å². The van der Waals surface area contributed by atoms with Crippen LogP contribution in [0.5, 0.6) is 0 Å². The predicted molar refractivity (Wildman–Crippen MR) is 95.7 cm³/mol. The summed E-state index contributed by atoms with van der Waals surface area (Å²) >= 11 is 1.19. The number of benzene rings is 2. The molecule has 2 heterocycles. The van der Waals surface area contributed by atoms with Crippen LogP contribution < -0.4 is 5.32 Å². The summed E-state index contributed by atoms with van der Waals surface area (Å²) in [6, 6.07) is 8.86. The van der Waals surface area contributed by atoms with Crippen molar-refractivity contribution in [3.05, 3.63) is 71.2 Å². The van der Waals surface area contributed by atoms with E-state index in [1.165, 1.54) is 22.1 Å². The summed E-state index contributed by atoms with van der Waals surface area (Å²) < 4.78 is 42.8. The van der Waals surface area contributed by atoms with Crippen LogP contribution in [0.2, 0.25) is 0 Å². The van der Waals surface area contributed by atoms with E-state index in [0.29, 0.717) is 21.6 Å². The van der Waals surface area contributed by atoms with Crippen LogP contribution in [-0.2, 0) is 0 Å². The van der Waals surface area contributed by atoms with Gasteiger partial charge in [0.1, 0.15) is 28.8 Å². The van der Waals surface area contributed by atoms with Crippen LogP contribution in [0, 0.1) is 24.4 Å². The largest absolute Gasteiger partial charge is 0.306 e. The summed E-state index contributed by atoms with van der Waals surface area (Å²) in [6.07, 6.45) is 0. The van der Waals surface area contributed by atoms with Crippen LogP contribution >= 0.6 is 11.3 Å². The van der Waals surface area contributed by atoms with E-state index in [2.05, 4.69) is 15.4 Å². The van der Waals surface area contributed by atoms with E-state index in [-0.39, 0.29) is 16.9 Å². The minimum absolute atomic E-state index is 0.201. The first-order valence-electron chi connectivity index (χ1n) is 7.81. The van der Waals surface area contributed by atoms with Gasteiger partial charge >= 0.3 is 0 Å². The Bertz CT molecular complexity index is 1180. The van der Waals surface area contributed by atoms with Gasteiger partial charge in [0.05, 0.1) is 16.0 Å². The fraction of sp³-hybridized carbons (Fsp3) is 0.0556. The first kappa shape index (κ1) is 17.2. The standard InChI is InChI=1S/C18H11F3N4OS/c1-9-7-15(22-17(26)11-6-5-10(19)8-13(11)21)25(24-9)18-23-16-12(20)3-2-4-14(16)27-18/h2-8H,1H3,(H,22,26). The van der Waals surface area contributed by atoms with Crippen molar-refractivity contribution in [1.29, 1.82) is 0 Å². The molecule has 0 unspecified atom stereocenters. The molecular formula is C18H11F3N4OS. The monoisotopic (exact) mass is 388 g/mol. The van der Waals surface area contributed by atoms with Crippen molar-refractivity contribution >= 4 is 33.3 Å². The normalized spacial score (nSPS) is 11.1. The number of carbonyl (C=O) groups excluding carboxylic acids is 1. The number of halogens is 3. The Kier molecular flexibility index (Phi) is 4.15. The molecule has 0 aliphatic carbocycles. The highest BCUT2D eigenvalue weighted by atomic mass is 32.1. The number of para-hydroxylation sites is 1. The number of nitrogens with one attached hydrogen (secondary N) is 1. The average Bonchev–Trinajstić information content (AvgIpc) is 3.19. The molecule has 136 valence electrons. The summed E-state index contributed by atoms with van der Waals surface area (Å²) in [5.41, 5.74) is 0.467. The summed E-state index contributed by atoms with van der Waals surface area (Å²) in [6.45, 7) is 1.71. The Morgan fingerprint density at radius 2 is 1.93 bits per heavy atom. The fourth-order valence-corrected chi connectivity index (χ4v) is 3.53. The van der Waals surface area contributed by atoms with Crippen molar-refractivity contribution in [2.75, 3.05) is 5.32 Å². The number of nitrogens with zero attached hydrogens (tertiary/aromatic N) is 3. The van der Waals surface area contributed by atoms with Gasteiger partial charge in [-0.15, -0.1) is 0 Å². The molecule has 27 heavy (non-hydrogen) atoms. The molecule has 1 amide bonds. The van der Waals surface area contributed by atoms with Crippen molar-refractivity contribution in [2.24, 2.45) is 0 Å². The van der Waals surface area contributed by atoms with Gasteiger partial charge in [0.15, 0.2) is 0 Å². The van der Waals surface area contributed by atoms with Crippen LogP contribution in [0.3, 0.4) is 0 Å². The van der Waals surface area contributed by atoms with E-state index in [9.17, 15) is 18.0 Å². The highest BCUT2D eigenvalue weighted by molar-refractivity contribution is 7.20. The van der Waals surface area contributed by atoms with Crippen molar-refractivity contribution in [3.8, 4) is 5.13 Å². The van der Waals surface area contributed by atoms with Crippen LogP contribution in [0.15, 0.2) is 42.5 Å². The summed E-state index contributed by atoms with van der Waals surface area (Å²) in [4.78, 5) is 16.6. The second-order valence-corrected chi connectivity index (χ2v) is 6.75. The zero-order chi connectivity index (χ0) is 19.1. The maximum Gasteiger partial charge on any atom is 0.259 e. The number of carbonyl (C=O) groups is 1. The van der Waals surface area contributed by atoms with E-state index in [1.54, 1.807) is 25.1 Å². The van der Waals surface area contributed by atoms with E-state index >= 15 is 0 Å². The number of thiazole rings is 1. The molecular weight excluding hydrogens is 377 g/mol. The molecule has 5 nitrogen and oxygen atoms in total. The van der Waals surface area contributed by atoms with E-state index in [1.807, 2.05) is 0 Å². The fourth-order valence-electron chi connectivity index (χ4n) is 2.59. The Hall–Kier alpha value is -3.20. The first-order chi connectivity index (χ1) is 12.9. The second kappa shape index (κ2) is 6.51. The maximum atomic E-state index is 13.9. The molecule has 9 heteroatoms. The lowest BCUT2D eigenvalue weighted by Crippen LogP contribution is -2.16. The summed E-state index contributed by atoms with van der Waals surface area (Å²) in [7, 11) is 0. The summed E-state index contributed by atoms with van der Waals surface area (Å²) in [5, 5.41) is 7.15. The van der Waals surface area contributed by atoms with Gasteiger partial charge in [0.2, 0.25) is 5.13 Å². The molecule has 0 spiro atoms. The first-order valence-corrected chi connectivity index (χ1v) is 8.62. The molecule has 1 N–H and O–H groups in total. The highest BCUT2D eigenvalue weighted by Gasteiger charge is 2.18. The third-order valence-electron chi connectivity index (χ3n) is 3.79. The van der Waals surface area contributed by atoms with Crippen LogP contribution in [0.4, 0.5) is 19.0 Å². The third kappa shape index (κ3) is 3.17. The topological polar surface area (TPSA) is 59.8 Å². The number of fused-ring (bicyclic) bond motifs is 1. The molecule has 0 atom stereocenters. The number of anilines is 1. The van der Waals surface area contributed by atoms with Crippen LogP contribution in [-0.4, -0.2) is 20.7 Å². The molecule has 0 saturated carbocycles. The molecule has 0 bridgehead atoms. The minimum atomic E-state index is -0.975. The Labute approximate surface area is 155 Å². The molecule has 0 radical (unpaired) electrons. The van der Waals surface area contributed by atoms with Crippen molar-refractivity contribution in [3.63, 3.8) is 0 Å². The predicted octanol–water partition coefficient (Wildman–Crippen LogP) is 4.46. The van der Waals surface area contributed by atoms with Crippen molar-refractivity contribution in [2.45, 2.75) is 6.92 Å². The zero-order valence-corrected chi connectivity index (χ0v) is 14.6.